The van der Waals surface area contributed by atoms with Crippen LogP contribution in [-0.2, 0) is 21.4 Å². The number of carbonyl (C=O) groups excluding carboxylic acids is 1. The molecule has 0 atom stereocenters. The second kappa shape index (κ2) is 3.56. The molecule has 0 unspecified atom stereocenters. The van der Waals surface area contributed by atoms with Crippen LogP contribution in [0.5, 0.6) is 0 Å². The zero-order valence-corrected chi connectivity index (χ0v) is 10.7. The van der Waals surface area contributed by atoms with Gasteiger partial charge in [0, 0.05) is 11.2 Å². The number of nitrogens with two attached hydrogens (primary N) is 1. The largest absolute Gasteiger partial charge is 0.379 e. The molecule has 0 spiro atoms. The number of rotatable bonds is 2. The number of carbonyl (C=O) groups is 1. The second-order valence-corrected chi connectivity index (χ2v) is 5.89. The molecule has 0 saturated carbocycles. The van der Waals surface area contributed by atoms with Crippen LogP contribution < -0.4 is 11.1 Å². The van der Waals surface area contributed by atoms with Gasteiger partial charge in [-0.05, 0) is 31.0 Å². The van der Waals surface area contributed by atoms with Crippen molar-refractivity contribution < 1.29 is 9.53 Å². The van der Waals surface area contributed by atoms with Crippen molar-refractivity contribution in [2.75, 3.05) is 18.5 Å². The van der Waals surface area contributed by atoms with Crippen molar-refractivity contribution in [2.45, 2.75) is 31.2 Å². The lowest BCUT2D eigenvalue weighted by atomic mass is 9.65. The van der Waals surface area contributed by atoms with Crippen LogP contribution >= 0.6 is 0 Å². The summed E-state index contributed by atoms with van der Waals surface area (Å²) in [6, 6.07) is 6.13. The van der Waals surface area contributed by atoms with E-state index in [1.54, 1.807) is 0 Å². The SMILES string of the molecule is CC(C)(N)C1(c2ccc3c(c2)CC(=O)N3)COC1. The summed E-state index contributed by atoms with van der Waals surface area (Å²) in [6.45, 7) is 5.37. The third-order valence-corrected chi connectivity index (χ3v) is 4.21. The number of anilines is 1. The lowest BCUT2D eigenvalue weighted by molar-refractivity contribution is -0.115. The van der Waals surface area contributed by atoms with Crippen LogP contribution in [0.1, 0.15) is 25.0 Å². The van der Waals surface area contributed by atoms with Gasteiger partial charge < -0.3 is 15.8 Å². The molecule has 3 N–H and O–H groups in total. The smallest absolute Gasteiger partial charge is 0.228 e. The number of nitrogens with one attached hydrogen (secondary N) is 1. The standard InChI is InChI=1S/C14H18N2O2/c1-13(2,15)14(7-18-8-14)10-3-4-11-9(5-10)6-12(17)16-11/h3-5H,6-8,15H2,1-2H3,(H,16,17). The molecule has 3 rings (SSSR count). The number of hydrogen-bond donors (Lipinski definition) is 2. The van der Waals surface area contributed by atoms with Crippen LogP contribution in [-0.4, -0.2) is 24.7 Å². The van der Waals surface area contributed by atoms with Crippen molar-refractivity contribution in [1.82, 2.24) is 0 Å². The Kier molecular flexibility index (Phi) is 2.31. The Morgan fingerprint density at radius 1 is 1.39 bits per heavy atom. The van der Waals surface area contributed by atoms with E-state index >= 15 is 0 Å². The molecule has 2 aliphatic heterocycles. The molecule has 1 aromatic rings. The molecular weight excluding hydrogens is 228 g/mol. The lowest BCUT2D eigenvalue weighted by Gasteiger charge is -2.51. The summed E-state index contributed by atoms with van der Waals surface area (Å²) in [5.74, 6) is 0.0630. The van der Waals surface area contributed by atoms with Gasteiger partial charge in [0.1, 0.15) is 0 Å². The number of ether oxygens (including phenoxy) is 1. The van der Waals surface area contributed by atoms with E-state index in [0.29, 0.717) is 19.6 Å². The Hall–Kier alpha value is -1.39. The van der Waals surface area contributed by atoms with Gasteiger partial charge in [-0.2, -0.15) is 0 Å². The van der Waals surface area contributed by atoms with Crippen molar-refractivity contribution in [3.63, 3.8) is 0 Å². The van der Waals surface area contributed by atoms with E-state index < -0.39 is 0 Å². The van der Waals surface area contributed by atoms with Gasteiger partial charge in [-0.15, -0.1) is 0 Å². The molecule has 1 amide bonds. The summed E-state index contributed by atoms with van der Waals surface area (Å²) >= 11 is 0. The average molecular weight is 246 g/mol. The summed E-state index contributed by atoms with van der Waals surface area (Å²) in [5.41, 5.74) is 9.01. The van der Waals surface area contributed by atoms with Crippen LogP contribution in [0.3, 0.4) is 0 Å². The Bertz CT molecular complexity index is 513. The Labute approximate surface area is 107 Å². The number of fused-ring (bicyclic) bond motifs is 1. The van der Waals surface area contributed by atoms with Gasteiger partial charge in [-0.1, -0.05) is 12.1 Å². The van der Waals surface area contributed by atoms with Crippen LogP contribution in [0.25, 0.3) is 0 Å². The van der Waals surface area contributed by atoms with Gasteiger partial charge >= 0.3 is 0 Å². The first-order valence-electron chi connectivity index (χ1n) is 6.22. The number of benzene rings is 1. The van der Waals surface area contributed by atoms with Gasteiger partial charge in [-0.25, -0.2) is 0 Å². The summed E-state index contributed by atoms with van der Waals surface area (Å²) < 4.78 is 5.40. The third kappa shape index (κ3) is 1.49. The molecule has 1 saturated heterocycles. The first kappa shape index (κ1) is 11.7. The Balaban J connectivity index is 2.03. The highest BCUT2D eigenvalue weighted by Crippen LogP contribution is 2.42. The van der Waals surface area contributed by atoms with E-state index in [4.69, 9.17) is 10.5 Å². The van der Waals surface area contributed by atoms with E-state index in [-0.39, 0.29) is 16.9 Å². The minimum Gasteiger partial charge on any atom is -0.379 e. The fourth-order valence-corrected chi connectivity index (χ4v) is 2.74. The molecular formula is C14H18N2O2. The van der Waals surface area contributed by atoms with Crippen LogP contribution in [0, 0.1) is 0 Å². The molecule has 96 valence electrons. The van der Waals surface area contributed by atoms with Crippen molar-refractivity contribution in [2.24, 2.45) is 5.73 Å². The molecule has 4 heteroatoms. The zero-order valence-electron chi connectivity index (χ0n) is 10.7. The van der Waals surface area contributed by atoms with Crippen LogP contribution in [0.4, 0.5) is 5.69 Å². The fraction of sp³-hybridized carbons (Fsp3) is 0.500. The van der Waals surface area contributed by atoms with E-state index in [1.807, 2.05) is 19.9 Å². The highest BCUT2D eigenvalue weighted by molar-refractivity contribution is 5.99. The van der Waals surface area contributed by atoms with Gasteiger partial charge in [0.25, 0.3) is 0 Å². The highest BCUT2D eigenvalue weighted by atomic mass is 16.5. The summed E-state index contributed by atoms with van der Waals surface area (Å²) in [7, 11) is 0. The maximum absolute atomic E-state index is 11.4. The van der Waals surface area contributed by atoms with Gasteiger partial charge in [0.05, 0.1) is 25.0 Å². The van der Waals surface area contributed by atoms with Crippen LogP contribution in [0.2, 0.25) is 0 Å². The van der Waals surface area contributed by atoms with Crippen molar-refractivity contribution >= 4 is 11.6 Å². The highest BCUT2D eigenvalue weighted by Gasteiger charge is 2.50. The maximum Gasteiger partial charge on any atom is 0.228 e. The predicted molar refractivity (Wildman–Crippen MR) is 69.5 cm³/mol. The first-order valence-corrected chi connectivity index (χ1v) is 6.22. The van der Waals surface area contributed by atoms with Gasteiger partial charge in [0.15, 0.2) is 0 Å². The number of hydrogen-bond acceptors (Lipinski definition) is 3. The second-order valence-electron chi connectivity index (χ2n) is 5.89. The molecule has 1 fully saturated rings. The predicted octanol–water partition coefficient (Wildman–Crippen LogP) is 1.19. The van der Waals surface area contributed by atoms with Gasteiger partial charge in [0.2, 0.25) is 5.91 Å². The number of amides is 1. The molecule has 18 heavy (non-hydrogen) atoms. The van der Waals surface area contributed by atoms with E-state index in [0.717, 1.165) is 11.3 Å². The Morgan fingerprint density at radius 2 is 2.11 bits per heavy atom. The lowest BCUT2D eigenvalue weighted by Crippen LogP contribution is -2.64. The van der Waals surface area contributed by atoms with Crippen molar-refractivity contribution in [3.05, 3.63) is 29.3 Å². The zero-order chi connectivity index (χ0) is 13.0. The van der Waals surface area contributed by atoms with E-state index in [2.05, 4.69) is 17.4 Å². The fourth-order valence-electron chi connectivity index (χ4n) is 2.74. The average Bonchev–Trinajstić information content (AvgIpc) is 2.52. The van der Waals surface area contributed by atoms with Gasteiger partial charge in [-0.3, -0.25) is 4.79 Å². The summed E-state index contributed by atoms with van der Waals surface area (Å²) in [4.78, 5) is 11.4. The van der Waals surface area contributed by atoms with Crippen molar-refractivity contribution in [1.29, 1.82) is 0 Å². The summed E-state index contributed by atoms with van der Waals surface area (Å²) in [5, 5.41) is 2.85. The molecule has 2 aliphatic rings. The molecule has 0 aromatic heterocycles. The topological polar surface area (TPSA) is 64.4 Å². The third-order valence-electron chi connectivity index (χ3n) is 4.21. The van der Waals surface area contributed by atoms with E-state index in [9.17, 15) is 4.79 Å². The Morgan fingerprint density at radius 3 is 2.67 bits per heavy atom. The minimum atomic E-state index is -0.338. The van der Waals surface area contributed by atoms with Crippen LogP contribution in [0.15, 0.2) is 18.2 Å². The molecule has 1 aromatic carbocycles. The normalized spacial score (nSPS) is 21.2. The van der Waals surface area contributed by atoms with E-state index in [1.165, 1.54) is 5.56 Å². The quantitative estimate of drug-likeness (QED) is 0.823. The molecule has 4 nitrogen and oxygen atoms in total. The molecule has 2 heterocycles. The first-order chi connectivity index (χ1) is 8.42. The molecule has 0 bridgehead atoms. The van der Waals surface area contributed by atoms with Crippen molar-refractivity contribution in [3.8, 4) is 0 Å². The maximum atomic E-state index is 11.4. The minimum absolute atomic E-state index is 0.0630. The molecule has 0 aliphatic carbocycles. The monoisotopic (exact) mass is 246 g/mol. The summed E-state index contributed by atoms with van der Waals surface area (Å²) in [6.07, 6.45) is 0.463. The molecule has 0 radical (unpaired) electrons.